The molecule has 5 heteroatoms. The van der Waals surface area contributed by atoms with Gasteiger partial charge in [-0.05, 0) is 30.2 Å². The molecule has 0 aliphatic carbocycles. The molecule has 1 aromatic rings. The number of halogens is 1. The largest absolute Gasteiger partial charge is 0.481 e. The summed E-state index contributed by atoms with van der Waals surface area (Å²) in [5.74, 6) is -0.874. The normalized spacial score (nSPS) is 19.1. The van der Waals surface area contributed by atoms with E-state index in [0.29, 0.717) is 13.2 Å². The van der Waals surface area contributed by atoms with Crippen LogP contribution in [-0.2, 0) is 14.9 Å². The van der Waals surface area contributed by atoms with Crippen LogP contribution in [0.3, 0.4) is 0 Å². The van der Waals surface area contributed by atoms with Crippen molar-refractivity contribution in [2.75, 3.05) is 13.2 Å². The number of carboxylic acid groups (broad SMARTS) is 1. The molecule has 1 aliphatic rings. The molecule has 3 N–H and O–H groups in total. The van der Waals surface area contributed by atoms with Crippen LogP contribution in [0.2, 0.25) is 0 Å². The predicted octanol–water partition coefficient (Wildman–Crippen LogP) is 1.83. The van der Waals surface area contributed by atoms with E-state index in [1.807, 2.05) is 25.1 Å². The number of rotatable bonds is 4. The maximum absolute atomic E-state index is 10.8. The Morgan fingerprint density at radius 3 is 2.78 bits per heavy atom. The van der Waals surface area contributed by atoms with Gasteiger partial charge in [0, 0.05) is 10.5 Å². The summed E-state index contributed by atoms with van der Waals surface area (Å²) in [4.78, 5) is 10.8. The molecule has 1 saturated heterocycles. The SMILES string of the molecule is Cc1ccc(Br)cc1C1(C(N)CC(=O)O)COC1. The highest BCUT2D eigenvalue weighted by atomic mass is 79.9. The zero-order valence-electron chi connectivity index (χ0n) is 10.1. The van der Waals surface area contributed by atoms with Gasteiger partial charge in [-0.3, -0.25) is 4.79 Å². The van der Waals surface area contributed by atoms with Gasteiger partial charge in [0.05, 0.1) is 25.0 Å². The summed E-state index contributed by atoms with van der Waals surface area (Å²) in [5.41, 5.74) is 7.91. The monoisotopic (exact) mass is 313 g/mol. The van der Waals surface area contributed by atoms with Crippen molar-refractivity contribution in [3.63, 3.8) is 0 Å². The van der Waals surface area contributed by atoms with Gasteiger partial charge in [0.15, 0.2) is 0 Å². The molecular formula is C13H16BrNO3. The number of carbonyl (C=O) groups is 1. The summed E-state index contributed by atoms with van der Waals surface area (Å²) < 4.78 is 6.27. The molecule has 0 radical (unpaired) electrons. The predicted molar refractivity (Wildman–Crippen MR) is 71.6 cm³/mol. The smallest absolute Gasteiger partial charge is 0.304 e. The second-order valence-corrected chi connectivity index (χ2v) is 5.73. The molecule has 2 rings (SSSR count). The van der Waals surface area contributed by atoms with E-state index in [9.17, 15) is 4.79 Å². The highest BCUT2D eigenvalue weighted by Crippen LogP contribution is 2.39. The Bertz CT molecular complexity index is 471. The second-order valence-electron chi connectivity index (χ2n) is 4.81. The van der Waals surface area contributed by atoms with Crippen LogP contribution in [0.4, 0.5) is 0 Å². The molecular weight excluding hydrogens is 298 g/mol. The number of benzene rings is 1. The van der Waals surface area contributed by atoms with Crippen LogP contribution in [0.1, 0.15) is 17.5 Å². The van der Waals surface area contributed by atoms with Crippen molar-refractivity contribution in [1.29, 1.82) is 0 Å². The van der Waals surface area contributed by atoms with Crippen LogP contribution in [-0.4, -0.2) is 30.3 Å². The van der Waals surface area contributed by atoms with E-state index < -0.39 is 12.0 Å². The van der Waals surface area contributed by atoms with E-state index in [1.165, 1.54) is 0 Å². The quantitative estimate of drug-likeness (QED) is 0.889. The minimum Gasteiger partial charge on any atom is -0.481 e. The number of aliphatic carboxylic acids is 1. The van der Waals surface area contributed by atoms with Gasteiger partial charge >= 0.3 is 5.97 Å². The molecule has 4 nitrogen and oxygen atoms in total. The molecule has 1 aromatic carbocycles. The Morgan fingerprint density at radius 1 is 1.61 bits per heavy atom. The Morgan fingerprint density at radius 2 is 2.28 bits per heavy atom. The molecule has 0 aromatic heterocycles. The maximum Gasteiger partial charge on any atom is 0.304 e. The number of aryl methyl sites for hydroxylation is 1. The first kappa shape index (κ1) is 13.5. The van der Waals surface area contributed by atoms with Gasteiger partial charge in [0.25, 0.3) is 0 Å². The zero-order chi connectivity index (χ0) is 13.3. The third kappa shape index (κ3) is 2.30. The van der Waals surface area contributed by atoms with E-state index in [0.717, 1.165) is 15.6 Å². The molecule has 18 heavy (non-hydrogen) atoms. The average molecular weight is 314 g/mol. The third-order valence-electron chi connectivity index (χ3n) is 3.56. The number of carboxylic acids is 1. The standard InChI is InChI=1S/C13H16BrNO3/c1-8-2-3-9(14)4-10(8)13(6-18-7-13)11(15)5-12(16)17/h2-4,11H,5-7,15H2,1H3,(H,16,17). The molecule has 0 amide bonds. The molecule has 1 fully saturated rings. The van der Waals surface area contributed by atoms with Crippen molar-refractivity contribution >= 4 is 21.9 Å². The Hall–Kier alpha value is -0.910. The summed E-state index contributed by atoms with van der Waals surface area (Å²) in [6, 6.07) is 5.55. The molecule has 1 heterocycles. The molecule has 1 atom stereocenters. The number of hydrogen-bond acceptors (Lipinski definition) is 3. The van der Waals surface area contributed by atoms with E-state index in [-0.39, 0.29) is 11.8 Å². The lowest BCUT2D eigenvalue weighted by Crippen LogP contribution is -2.59. The Labute approximate surface area is 114 Å². The fraction of sp³-hybridized carbons (Fsp3) is 0.462. The molecule has 1 aliphatic heterocycles. The van der Waals surface area contributed by atoms with Crippen LogP contribution in [0, 0.1) is 6.92 Å². The zero-order valence-corrected chi connectivity index (χ0v) is 11.7. The number of nitrogens with two attached hydrogens (primary N) is 1. The molecule has 1 unspecified atom stereocenters. The van der Waals surface area contributed by atoms with Gasteiger partial charge in [0.1, 0.15) is 0 Å². The van der Waals surface area contributed by atoms with E-state index in [2.05, 4.69) is 15.9 Å². The van der Waals surface area contributed by atoms with Crippen molar-refractivity contribution in [2.24, 2.45) is 5.73 Å². The van der Waals surface area contributed by atoms with Gasteiger partial charge in [0.2, 0.25) is 0 Å². The molecule has 0 bridgehead atoms. The lowest BCUT2D eigenvalue weighted by atomic mass is 9.70. The average Bonchev–Trinajstić information content (AvgIpc) is 2.20. The molecule has 0 saturated carbocycles. The van der Waals surface area contributed by atoms with E-state index in [1.54, 1.807) is 0 Å². The van der Waals surface area contributed by atoms with Crippen molar-refractivity contribution < 1.29 is 14.6 Å². The van der Waals surface area contributed by atoms with Gasteiger partial charge in [-0.2, -0.15) is 0 Å². The summed E-state index contributed by atoms with van der Waals surface area (Å²) in [6.07, 6.45) is -0.0463. The topological polar surface area (TPSA) is 72.6 Å². The summed E-state index contributed by atoms with van der Waals surface area (Å²) in [5, 5.41) is 8.91. The second kappa shape index (κ2) is 4.99. The van der Waals surface area contributed by atoms with Gasteiger partial charge in [-0.1, -0.05) is 22.0 Å². The summed E-state index contributed by atoms with van der Waals surface area (Å²) in [7, 11) is 0. The van der Waals surface area contributed by atoms with Gasteiger partial charge in [-0.25, -0.2) is 0 Å². The van der Waals surface area contributed by atoms with Gasteiger partial charge < -0.3 is 15.6 Å². The lowest BCUT2D eigenvalue weighted by molar-refractivity contribution is -0.140. The van der Waals surface area contributed by atoms with Crippen LogP contribution in [0.15, 0.2) is 22.7 Å². The van der Waals surface area contributed by atoms with Gasteiger partial charge in [-0.15, -0.1) is 0 Å². The minimum absolute atomic E-state index is 0.0463. The first-order valence-electron chi connectivity index (χ1n) is 5.77. The van der Waals surface area contributed by atoms with Crippen molar-refractivity contribution in [2.45, 2.75) is 24.8 Å². The molecule has 98 valence electrons. The third-order valence-corrected chi connectivity index (χ3v) is 4.05. The van der Waals surface area contributed by atoms with Crippen LogP contribution in [0.25, 0.3) is 0 Å². The van der Waals surface area contributed by atoms with Crippen LogP contribution in [0.5, 0.6) is 0 Å². The van der Waals surface area contributed by atoms with Crippen molar-refractivity contribution in [3.8, 4) is 0 Å². The van der Waals surface area contributed by atoms with Crippen molar-refractivity contribution in [3.05, 3.63) is 33.8 Å². The molecule has 0 spiro atoms. The highest BCUT2D eigenvalue weighted by Gasteiger charge is 2.47. The maximum atomic E-state index is 10.8. The summed E-state index contributed by atoms with van der Waals surface area (Å²) in [6.45, 7) is 2.98. The lowest BCUT2D eigenvalue weighted by Gasteiger charge is -2.46. The first-order valence-corrected chi connectivity index (χ1v) is 6.57. The fourth-order valence-electron chi connectivity index (χ4n) is 2.41. The number of ether oxygens (including phenoxy) is 1. The first-order chi connectivity index (χ1) is 8.45. The highest BCUT2D eigenvalue weighted by molar-refractivity contribution is 9.10. The van der Waals surface area contributed by atoms with Crippen molar-refractivity contribution in [1.82, 2.24) is 0 Å². The Kier molecular flexibility index (Phi) is 3.75. The van der Waals surface area contributed by atoms with E-state index in [4.69, 9.17) is 15.6 Å². The summed E-state index contributed by atoms with van der Waals surface area (Å²) >= 11 is 3.44. The minimum atomic E-state index is -0.874. The fourth-order valence-corrected chi connectivity index (χ4v) is 2.77. The Balaban J connectivity index is 2.37. The van der Waals surface area contributed by atoms with E-state index >= 15 is 0 Å². The van der Waals surface area contributed by atoms with Crippen LogP contribution < -0.4 is 5.73 Å². The number of hydrogen-bond donors (Lipinski definition) is 2. The van der Waals surface area contributed by atoms with Crippen LogP contribution >= 0.6 is 15.9 Å².